The number of thioether (sulfide) groups is 1. The summed E-state index contributed by atoms with van der Waals surface area (Å²) in [4.78, 5) is 24.9. The van der Waals surface area contributed by atoms with Gasteiger partial charge >= 0.3 is 6.18 Å². The van der Waals surface area contributed by atoms with Gasteiger partial charge < -0.3 is 10.6 Å². The molecule has 2 N–H and O–H groups in total. The summed E-state index contributed by atoms with van der Waals surface area (Å²) in [5, 5.41) is 13.2. The molecule has 0 spiro atoms. The molecular formula is C18H12F3N3O2S. The molecule has 2 aromatic rings. The van der Waals surface area contributed by atoms with Crippen LogP contribution in [0.2, 0.25) is 0 Å². The Labute approximate surface area is 156 Å². The van der Waals surface area contributed by atoms with Crippen LogP contribution in [-0.2, 0) is 15.8 Å². The van der Waals surface area contributed by atoms with Crippen LogP contribution in [0.1, 0.15) is 17.5 Å². The number of anilines is 2. The molecule has 3 rings (SSSR count). The SMILES string of the molecule is N#Cc1ccccc1NC(=O)C[C@@H]1Sc2ccc(C(F)(F)F)cc2NC1=O. The average molecular weight is 391 g/mol. The lowest BCUT2D eigenvalue weighted by molar-refractivity contribution is -0.137. The van der Waals surface area contributed by atoms with E-state index in [9.17, 15) is 22.8 Å². The summed E-state index contributed by atoms with van der Waals surface area (Å²) in [6, 6.07) is 11.5. The van der Waals surface area contributed by atoms with Gasteiger partial charge in [0.25, 0.3) is 0 Å². The van der Waals surface area contributed by atoms with Gasteiger partial charge in [-0.2, -0.15) is 18.4 Å². The van der Waals surface area contributed by atoms with E-state index < -0.39 is 28.8 Å². The normalized spacial score (nSPS) is 16.1. The molecule has 9 heteroatoms. The minimum Gasteiger partial charge on any atom is -0.325 e. The molecule has 1 aliphatic rings. The predicted molar refractivity (Wildman–Crippen MR) is 94.1 cm³/mol. The maximum atomic E-state index is 12.8. The second-order valence-electron chi connectivity index (χ2n) is 5.71. The zero-order valence-electron chi connectivity index (χ0n) is 13.6. The molecule has 2 aromatic carbocycles. The third-order valence-corrected chi connectivity index (χ3v) is 5.09. The summed E-state index contributed by atoms with van der Waals surface area (Å²) in [6.07, 6.45) is -4.69. The second kappa shape index (κ2) is 7.32. The van der Waals surface area contributed by atoms with Gasteiger partial charge in [-0.05, 0) is 30.3 Å². The van der Waals surface area contributed by atoms with Crippen LogP contribution in [0.4, 0.5) is 24.5 Å². The fourth-order valence-corrected chi connectivity index (χ4v) is 3.61. The van der Waals surface area contributed by atoms with Crippen molar-refractivity contribution in [1.82, 2.24) is 0 Å². The Morgan fingerprint density at radius 3 is 2.70 bits per heavy atom. The van der Waals surface area contributed by atoms with E-state index >= 15 is 0 Å². The number of alkyl halides is 3. The maximum Gasteiger partial charge on any atom is 0.416 e. The van der Waals surface area contributed by atoms with E-state index in [1.807, 2.05) is 6.07 Å². The first-order valence-corrected chi connectivity index (χ1v) is 8.63. The van der Waals surface area contributed by atoms with E-state index in [0.717, 1.165) is 23.9 Å². The molecule has 1 aliphatic heterocycles. The molecule has 0 radical (unpaired) electrons. The van der Waals surface area contributed by atoms with Gasteiger partial charge in [-0.15, -0.1) is 11.8 Å². The Bertz CT molecular complexity index is 954. The lowest BCUT2D eigenvalue weighted by atomic mass is 10.1. The van der Waals surface area contributed by atoms with Crippen LogP contribution < -0.4 is 10.6 Å². The van der Waals surface area contributed by atoms with Crippen molar-refractivity contribution in [3.8, 4) is 6.07 Å². The van der Waals surface area contributed by atoms with Crippen LogP contribution in [-0.4, -0.2) is 17.1 Å². The lowest BCUT2D eigenvalue weighted by Crippen LogP contribution is -2.32. The highest BCUT2D eigenvalue weighted by atomic mass is 32.2. The topological polar surface area (TPSA) is 82.0 Å². The summed E-state index contributed by atoms with van der Waals surface area (Å²) < 4.78 is 38.3. The van der Waals surface area contributed by atoms with Gasteiger partial charge in [0.1, 0.15) is 6.07 Å². The van der Waals surface area contributed by atoms with Crippen molar-refractivity contribution in [3.63, 3.8) is 0 Å². The van der Waals surface area contributed by atoms with E-state index in [0.29, 0.717) is 10.6 Å². The highest BCUT2D eigenvalue weighted by Gasteiger charge is 2.34. The number of halogens is 3. The highest BCUT2D eigenvalue weighted by molar-refractivity contribution is 8.01. The summed E-state index contributed by atoms with van der Waals surface area (Å²) in [5.41, 5.74) is -0.157. The number of amides is 2. The van der Waals surface area contributed by atoms with E-state index in [4.69, 9.17) is 5.26 Å². The second-order valence-corrected chi connectivity index (χ2v) is 6.96. The molecule has 0 aromatic heterocycles. The first-order valence-electron chi connectivity index (χ1n) is 7.75. The number of rotatable bonds is 3. The molecule has 2 amide bonds. The number of nitrogens with zero attached hydrogens (tertiary/aromatic N) is 1. The van der Waals surface area contributed by atoms with Crippen LogP contribution >= 0.6 is 11.8 Å². The van der Waals surface area contributed by atoms with E-state index in [2.05, 4.69) is 10.6 Å². The summed E-state index contributed by atoms with van der Waals surface area (Å²) >= 11 is 1.03. The fourth-order valence-electron chi connectivity index (χ4n) is 2.52. The standard InChI is InChI=1S/C18H12F3N3O2S/c19-18(20,21)11-5-6-14-13(7-11)24-17(26)15(27-14)8-16(25)23-12-4-2-1-3-10(12)9-22/h1-7,15H,8H2,(H,23,25)(H,24,26)/t15-/m0/s1. The Balaban J connectivity index is 1.71. The van der Waals surface area contributed by atoms with Gasteiger partial charge in [-0.3, -0.25) is 9.59 Å². The van der Waals surface area contributed by atoms with E-state index in [-0.39, 0.29) is 17.7 Å². The van der Waals surface area contributed by atoms with Gasteiger partial charge in [0.15, 0.2) is 0 Å². The number of hydrogen-bond donors (Lipinski definition) is 2. The Morgan fingerprint density at radius 1 is 1.26 bits per heavy atom. The number of hydrogen-bond acceptors (Lipinski definition) is 4. The zero-order chi connectivity index (χ0) is 19.6. The quantitative estimate of drug-likeness (QED) is 0.828. The fraction of sp³-hybridized carbons (Fsp3) is 0.167. The van der Waals surface area contributed by atoms with Crippen molar-refractivity contribution < 1.29 is 22.8 Å². The Hall–Kier alpha value is -2.99. The zero-order valence-corrected chi connectivity index (χ0v) is 14.4. The number of nitrogens with one attached hydrogen (secondary N) is 2. The number of nitriles is 1. The third-order valence-electron chi connectivity index (χ3n) is 3.82. The smallest absolute Gasteiger partial charge is 0.325 e. The summed E-state index contributed by atoms with van der Waals surface area (Å²) in [5.74, 6) is -1.02. The number of benzene rings is 2. The van der Waals surface area contributed by atoms with Crippen LogP contribution in [0.5, 0.6) is 0 Å². The first kappa shape index (κ1) is 18.8. The van der Waals surface area contributed by atoms with Crippen molar-refractivity contribution in [2.45, 2.75) is 22.7 Å². The Kier molecular flexibility index (Phi) is 5.10. The van der Waals surface area contributed by atoms with Gasteiger partial charge in [-0.25, -0.2) is 0 Å². The Morgan fingerprint density at radius 2 is 2.00 bits per heavy atom. The van der Waals surface area contributed by atoms with Crippen molar-refractivity contribution in [2.24, 2.45) is 0 Å². The van der Waals surface area contributed by atoms with Gasteiger partial charge in [0.2, 0.25) is 11.8 Å². The monoisotopic (exact) mass is 391 g/mol. The molecule has 27 heavy (non-hydrogen) atoms. The molecule has 1 heterocycles. The molecule has 0 bridgehead atoms. The minimum absolute atomic E-state index is 0.0753. The van der Waals surface area contributed by atoms with Gasteiger partial charge in [0, 0.05) is 11.3 Å². The number of carbonyl (C=O) groups excluding carboxylic acids is 2. The van der Waals surface area contributed by atoms with Crippen molar-refractivity contribution in [1.29, 1.82) is 5.26 Å². The predicted octanol–water partition coefficient (Wildman–Crippen LogP) is 4.02. The maximum absolute atomic E-state index is 12.8. The molecule has 0 saturated heterocycles. The number of para-hydroxylation sites is 1. The van der Waals surface area contributed by atoms with Crippen LogP contribution in [0.3, 0.4) is 0 Å². The highest BCUT2D eigenvalue weighted by Crippen LogP contribution is 2.40. The lowest BCUT2D eigenvalue weighted by Gasteiger charge is -2.24. The van der Waals surface area contributed by atoms with E-state index in [1.54, 1.807) is 24.3 Å². The summed E-state index contributed by atoms with van der Waals surface area (Å²) in [6.45, 7) is 0. The molecule has 0 fully saturated rings. The molecular weight excluding hydrogens is 379 g/mol. The molecule has 138 valence electrons. The number of fused-ring (bicyclic) bond motifs is 1. The van der Waals surface area contributed by atoms with Crippen molar-refractivity contribution in [2.75, 3.05) is 10.6 Å². The van der Waals surface area contributed by atoms with Crippen molar-refractivity contribution in [3.05, 3.63) is 53.6 Å². The first-order chi connectivity index (χ1) is 12.8. The van der Waals surface area contributed by atoms with Gasteiger partial charge in [0.05, 0.1) is 27.8 Å². The van der Waals surface area contributed by atoms with Gasteiger partial charge in [-0.1, -0.05) is 12.1 Å². The molecule has 5 nitrogen and oxygen atoms in total. The molecule has 0 saturated carbocycles. The van der Waals surface area contributed by atoms with Crippen LogP contribution in [0.15, 0.2) is 47.4 Å². The van der Waals surface area contributed by atoms with Crippen LogP contribution in [0.25, 0.3) is 0 Å². The largest absolute Gasteiger partial charge is 0.416 e. The molecule has 0 aliphatic carbocycles. The minimum atomic E-state index is -4.50. The average Bonchev–Trinajstić information content (AvgIpc) is 2.61. The van der Waals surface area contributed by atoms with Crippen LogP contribution in [0, 0.1) is 11.3 Å². The molecule has 0 unspecified atom stereocenters. The number of carbonyl (C=O) groups is 2. The third kappa shape index (κ3) is 4.23. The summed E-state index contributed by atoms with van der Waals surface area (Å²) in [7, 11) is 0. The molecule has 1 atom stereocenters. The van der Waals surface area contributed by atoms with Crippen molar-refractivity contribution >= 4 is 35.0 Å². The van der Waals surface area contributed by atoms with E-state index in [1.165, 1.54) is 6.07 Å².